The molecule has 1 amide bonds. The van der Waals surface area contributed by atoms with Crippen molar-refractivity contribution in [2.75, 3.05) is 13.2 Å². The van der Waals surface area contributed by atoms with E-state index >= 15 is 0 Å². The van der Waals surface area contributed by atoms with Crippen molar-refractivity contribution in [2.45, 2.75) is 157 Å². The monoisotopic (exact) mass is 731 g/mol. The highest BCUT2D eigenvalue weighted by atomic mass is 16.8. The number of rotatable bonds is 12. The highest BCUT2D eigenvalue weighted by Gasteiger charge is 2.56. The van der Waals surface area contributed by atoms with Gasteiger partial charge in [-0.1, -0.05) is 6.92 Å². The Kier molecular flexibility index (Phi) is 14.3. The maximum absolute atomic E-state index is 12.4. The third-order valence-corrected chi connectivity index (χ3v) is 8.96. The van der Waals surface area contributed by atoms with Crippen LogP contribution in [0.25, 0.3) is 0 Å². The summed E-state index contributed by atoms with van der Waals surface area (Å²) in [7, 11) is 0. The maximum Gasteiger partial charge on any atom is 0.335 e. The van der Waals surface area contributed by atoms with E-state index in [1.54, 1.807) is 0 Å². The van der Waals surface area contributed by atoms with Gasteiger partial charge in [-0.05, 0) is 20.3 Å². The summed E-state index contributed by atoms with van der Waals surface area (Å²) in [5.74, 6) is -2.47. The number of aliphatic hydroxyl groups is 9. The number of ether oxygens (including phenoxy) is 8. The Morgan fingerprint density at radius 1 is 0.640 bits per heavy atom. The minimum absolute atomic E-state index is 0.159. The maximum atomic E-state index is 12.4. The zero-order valence-corrected chi connectivity index (χ0v) is 27.7. The summed E-state index contributed by atoms with van der Waals surface area (Å²) in [6.07, 6.45) is -31.4. The molecule has 4 aliphatic heterocycles. The molecule has 4 rings (SSSR count). The van der Waals surface area contributed by atoms with Crippen molar-refractivity contribution in [3.05, 3.63) is 0 Å². The van der Waals surface area contributed by atoms with E-state index in [9.17, 15) is 60.7 Å². The zero-order chi connectivity index (χ0) is 37.2. The summed E-state index contributed by atoms with van der Waals surface area (Å²) in [6, 6.07) is -1.55. The van der Waals surface area contributed by atoms with Gasteiger partial charge in [0, 0.05) is 13.5 Å². The van der Waals surface area contributed by atoms with Crippen molar-refractivity contribution in [3.63, 3.8) is 0 Å². The Morgan fingerprint density at radius 2 is 1.16 bits per heavy atom. The molecule has 4 aliphatic rings. The molecule has 0 aromatic rings. The lowest BCUT2D eigenvalue weighted by atomic mass is 9.94. The predicted molar refractivity (Wildman–Crippen MR) is 157 cm³/mol. The quantitative estimate of drug-likeness (QED) is 0.0890. The number of carbonyl (C=O) groups is 2. The Balaban J connectivity index is 1.59. The van der Waals surface area contributed by atoms with Crippen LogP contribution in [0.15, 0.2) is 0 Å². The van der Waals surface area contributed by atoms with Gasteiger partial charge in [0.05, 0.1) is 18.8 Å². The summed E-state index contributed by atoms with van der Waals surface area (Å²) < 4.78 is 45.2. The third kappa shape index (κ3) is 8.72. The first kappa shape index (κ1) is 41.0. The van der Waals surface area contributed by atoms with Gasteiger partial charge in [-0.3, -0.25) is 4.79 Å². The molecule has 290 valence electrons. The van der Waals surface area contributed by atoms with Gasteiger partial charge in [-0.15, -0.1) is 0 Å². The van der Waals surface area contributed by atoms with Crippen LogP contribution in [-0.4, -0.2) is 199 Å². The number of carboxylic acids is 1. The lowest BCUT2D eigenvalue weighted by Gasteiger charge is -2.49. The first-order valence-electron chi connectivity index (χ1n) is 16.3. The average molecular weight is 732 g/mol. The standard InChI is InChI=1S/C29H49NO20/c1-5-6-43-29-23(17(37)14(34)9(3)45-29)49-26-12(30-10(4)32)21(15(35)11(7-31)46-26)47-28-20(40)18(38)22(24(50-28)25(41)42)48-27-19(39)16(36)13(33)8(2)44-27/h8-9,11-24,26-29,31,33-40H,5-7H2,1-4H3,(H,30,32)(H,41,42)/t8-,9?,11?,12?,13-,14-,15-,16?,17-,18+,19?,20?,21+,22+,23?,24?,26-,27-,28+,29+/m0/s1. The Bertz CT molecular complexity index is 1120. The fourth-order valence-corrected chi connectivity index (χ4v) is 6.14. The Morgan fingerprint density at radius 3 is 1.74 bits per heavy atom. The molecule has 11 N–H and O–H groups in total. The summed E-state index contributed by atoms with van der Waals surface area (Å²) in [5.41, 5.74) is 0. The fraction of sp³-hybridized carbons (Fsp3) is 0.931. The molecule has 21 heteroatoms. The van der Waals surface area contributed by atoms with E-state index in [4.69, 9.17) is 37.9 Å². The number of hydrogen-bond donors (Lipinski definition) is 11. The average Bonchev–Trinajstić information content (AvgIpc) is 3.06. The number of amides is 1. The van der Waals surface area contributed by atoms with Gasteiger partial charge in [0.15, 0.2) is 31.3 Å². The van der Waals surface area contributed by atoms with Gasteiger partial charge >= 0.3 is 5.97 Å². The third-order valence-electron chi connectivity index (χ3n) is 8.96. The van der Waals surface area contributed by atoms with E-state index in [0.717, 1.165) is 6.92 Å². The predicted octanol–water partition coefficient (Wildman–Crippen LogP) is -6.02. The molecule has 0 spiro atoms. The number of aliphatic carboxylic acids is 1. The fourth-order valence-electron chi connectivity index (χ4n) is 6.14. The summed E-state index contributed by atoms with van der Waals surface area (Å²) >= 11 is 0. The summed E-state index contributed by atoms with van der Waals surface area (Å²) in [4.78, 5) is 24.7. The SMILES string of the molecule is CCCO[C@@H]1OC(C)[C@H](O)[C@H](O)C1O[C@@H]1OC(CO)[C@H](O)[C@H](O[C@@H]2OC(C(=O)O)[C@H](O[C@@H]3O[C@@H](C)[C@H](O)C(O)C3O)[C@H](O)C2O)C1NC(C)=O. The minimum Gasteiger partial charge on any atom is -0.479 e. The smallest absolute Gasteiger partial charge is 0.335 e. The van der Waals surface area contributed by atoms with Crippen molar-refractivity contribution in [3.8, 4) is 0 Å². The lowest BCUT2D eigenvalue weighted by Crippen LogP contribution is -2.70. The van der Waals surface area contributed by atoms with Crippen molar-refractivity contribution in [2.24, 2.45) is 0 Å². The van der Waals surface area contributed by atoms with E-state index in [2.05, 4.69) is 5.32 Å². The molecule has 20 atom stereocenters. The number of carbonyl (C=O) groups excluding carboxylic acids is 1. The van der Waals surface area contributed by atoms with Gasteiger partial charge in [-0.25, -0.2) is 4.79 Å². The van der Waals surface area contributed by atoms with Gasteiger partial charge < -0.3 is 94.3 Å². The van der Waals surface area contributed by atoms with E-state index in [-0.39, 0.29) is 6.61 Å². The van der Waals surface area contributed by atoms with Gasteiger partial charge in [0.1, 0.15) is 79.3 Å². The van der Waals surface area contributed by atoms with Crippen LogP contribution in [-0.2, 0) is 47.5 Å². The molecule has 8 unspecified atom stereocenters. The Hall–Kier alpha value is -1.74. The van der Waals surface area contributed by atoms with E-state index < -0.39 is 141 Å². The highest BCUT2D eigenvalue weighted by Crippen LogP contribution is 2.34. The van der Waals surface area contributed by atoms with Gasteiger partial charge in [0.25, 0.3) is 0 Å². The summed E-state index contributed by atoms with van der Waals surface area (Å²) in [6.45, 7) is 5.03. The van der Waals surface area contributed by atoms with Crippen LogP contribution in [0.1, 0.15) is 34.1 Å². The largest absolute Gasteiger partial charge is 0.479 e. The lowest BCUT2D eigenvalue weighted by molar-refractivity contribution is -0.376. The number of carboxylic acid groups (broad SMARTS) is 1. The molecule has 0 aliphatic carbocycles. The van der Waals surface area contributed by atoms with E-state index in [1.807, 2.05) is 6.92 Å². The number of aliphatic hydroxyl groups excluding tert-OH is 9. The van der Waals surface area contributed by atoms with Crippen molar-refractivity contribution in [1.82, 2.24) is 5.32 Å². The molecule has 4 saturated heterocycles. The normalized spacial score (nSPS) is 48.6. The molecule has 4 heterocycles. The van der Waals surface area contributed by atoms with E-state index in [0.29, 0.717) is 6.42 Å². The van der Waals surface area contributed by atoms with Crippen molar-refractivity contribution >= 4 is 11.9 Å². The topological polar surface area (TPSA) is 322 Å². The molecule has 21 nitrogen and oxygen atoms in total. The molecule has 0 saturated carbocycles. The van der Waals surface area contributed by atoms with Crippen LogP contribution in [0, 0.1) is 0 Å². The number of nitrogens with one attached hydrogen (secondary N) is 1. The second-order valence-corrected chi connectivity index (χ2v) is 12.7. The summed E-state index contributed by atoms with van der Waals surface area (Å²) in [5, 5.41) is 108. The first-order chi connectivity index (χ1) is 23.5. The minimum atomic E-state index is -2.14. The molecular formula is C29H49NO20. The van der Waals surface area contributed by atoms with Crippen LogP contribution in [0.2, 0.25) is 0 Å². The van der Waals surface area contributed by atoms with Crippen LogP contribution in [0.5, 0.6) is 0 Å². The first-order valence-corrected chi connectivity index (χ1v) is 16.3. The van der Waals surface area contributed by atoms with Gasteiger partial charge in [-0.2, -0.15) is 0 Å². The molecule has 4 fully saturated rings. The molecule has 0 aromatic carbocycles. The van der Waals surface area contributed by atoms with Crippen molar-refractivity contribution in [1.29, 1.82) is 0 Å². The van der Waals surface area contributed by atoms with Gasteiger partial charge in [0.2, 0.25) is 5.91 Å². The molecule has 0 radical (unpaired) electrons. The van der Waals surface area contributed by atoms with Crippen LogP contribution < -0.4 is 5.32 Å². The van der Waals surface area contributed by atoms with Crippen LogP contribution >= 0.6 is 0 Å². The second kappa shape index (κ2) is 17.4. The molecular weight excluding hydrogens is 682 g/mol. The molecule has 0 bridgehead atoms. The second-order valence-electron chi connectivity index (χ2n) is 12.7. The van der Waals surface area contributed by atoms with E-state index in [1.165, 1.54) is 13.8 Å². The highest BCUT2D eigenvalue weighted by molar-refractivity contribution is 5.74. The molecule has 0 aromatic heterocycles. The van der Waals surface area contributed by atoms with Crippen molar-refractivity contribution < 1.29 is 98.5 Å². The van der Waals surface area contributed by atoms with Crippen LogP contribution in [0.3, 0.4) is 0 Å². The number of hydrogen-bond acceptors (Lipinski definition) is 19. The molecule has 50 heavy (non-hydrogen) atoms. The zero-order valence-electron chi connectivity index (χ0n) is 27.7. The Labute approximate surface area is 286 Å². The van der Waals surface area contributed by atoms with Crippen LogP contribution in [0.4, 0.5) is 0 Å².